The Labute approximate surface area is 138 Å². The third-order valence-corrected chi connectivity index (χ3v) is 5.15. The third-order valence-electron chi connectivity index (χ3n) is 5.15. The second kappa shape index (κ2) is 7.73. The molecule has 0 radical (unpaired) electrons. The van der Waals surface area contributed by atoms with Gasteiger partial charge in [-0.25, -0.2) is 9.97 Å². The number of carbonyl (C=O) groups excluding carboxylic acids is 1. The van der Waals surface area contributed by atoms with Crippen LogP contribution in [0.15, 0.2) is 18.5 Å². The normalized spacial score (nSPS) is 21.3. The first kappa shape index (κ1) is 16.2. The van der Waals surface area contributed by atoms with Crippen molar-refractivity contribution in [2.45, 2.75) is 26.2 Å². The topological polar surface area (TPSA) is 61.4 Å². The van der Waals surface area contributed by atoms with Crippen LogP contribution in [0.5, 0.6) is 0 Å². The van der Waals surface area contributed by atoms with Gasteiger partial charge in [-0.1, -0.05) is 6.92 Å². The second-order valence-electron chi connectivity index (χ2n) is 6.69. The summed E-state index contributed by atoms with van der Waals surface area (Å²) in [6.45, 7) is 7.61. The van der Waals surface area contributed by atoms with Gasteiger partial charge in [0.15, 0.2) is 0 Å². The predicted octanol–water partition coefficient (Wildman–Crippen LogP) is 1.15. The number of piperidine rings is 1. The van der Waals surface area contributed by atoms with Gasteiger partial charge in [0.05, 0.1) is 0 Å². The van der Waals surface area contributed by atoms with E-state index in [0.29, 0.717) is 24.2 Å². The first-order valence-electron chi connectivity index (χ1n) is 8.74. The zero-order valence-corrected chi connectivity index (χ0v) is 13.9. The summed E-state index contributed by atoms with van der Waals surface area (Å²) in [4.78, 5) is 25.3. The zero-order chi connectivity index (χ0) is 16.1. The maximum absolute atomic E-state index is 12.6. The molecule has 1 aromatic rings. The first-order chi connectivity index (χ1) is 11.2. The van der Waals surface area contributed by atoms with Crippen LogP contribution < -0.4 is 10.2 Å². The van der Waals surface area contributed by atoms with Gasteiger partial charge >= 0.3 is 0 Å². The summed E-state index contributed by atoms with van der Waals surface area (Å²) < 4.78 is 0. The van der Waals surface area contributed by atoms with Crippen molar-refractivity contribution in [3.05, 3.63) is 18.5 Å². The maximum Gasteiger partial charge on any atom is 0.225 e. The standard InChI is InChI=1S/C17H27N5O/c1-14(15-3-7-18-8-4-15)13-16(23)21-9-11-22(12-10-21)17-19-5-2-6-20-17/h2,5-6,14-15,18H,3-4,7-13H2,1H3. The summed E-state index contributed by atoms with van der Waals surface area (Å²) in [5.74, 6) is 2.26. The molecular formula is C17H27N5O. The van der Waals surface area contributed by atoms with Gasteiger partial charge in [0.1, 0.15) is 0 Å². The molecule has 0 bridgehead atoms. The smallest absolute Gasteiger partial charge is 0.225 e. The van der Waals surface area contributed by atoms with Gasteiger partial charge in [0, 0.05) is 45.0 Å². The molecule has 2 aliphatic rings. The number of hydrogen-bond acceptors (Lipinski definition) is 5. The lowest BCUT2D eigenvalue weighted by atomic mass is 9.84. The van der Waals surface area contributed by atoms with Crippen LogP contribution >= 0.6 is 0 Å². The number of hydrogen-bond donors (Lipinski definition) is 1. The predicted molar refractivity (Wildman–Crippen MR) is 90.2 cm³/mol. The Balaban J connectivity index is 1.46. The summed E-state index contributed by atoms with van der Waals surface area (Å²) in [5, 5.41) is 3.39. The van der Waals surface area contributed by atoms with E-state index < -0.39 is 0 Å². The van der Waals surface area contributed by atoms with Crippen LogP contribution in [0.2, 0.25) is 0 Å². The molecule has 0 spiro atoms. The molecule has 3 rings (SSSR count). The van der Waals surface area contributed by atoms with Crippen LogP contribution in [0.25, 0.3) is 0 Å². The van der Waals surface area contributed by atoms with Crippen LogP contribution in [0.1, 0.15) is 26.2 Å². The van der Waals surface area contributed by atoms with Gasteiger partial charge in [-0.05, 0) is 43.8 Å². The number of carbonyl (C=O) groups is 1. The van der Waals surface area contributed by atoms with Crippen molar-refractivity contribution >= 4 is 11.9 Å². The molecule has 1 N–H and O–H groups in total. The molecule has 2 fully saturated rings. The Hall–Kier alpha value is -1.69. The van der Waals surface area contributed by atoms with Crippen molar-refractivity contribution in [3.8, 4) is 0 Å². The molecule has 2 saturated heterocycles. The Morgan fingerprint density at radius 2 is 1.87 bits per heavy atom. The van der Waals surface area contributed by atoms with Crippen molar-refractivity contribution in [2.24, 2.45) is 11.8 Å². The lowest BCUT2D eigenvalue weighted by molar-refractivity contribution is -0.132. The highest BCUT2D eigenvalue weighted by Crippen LogP contribution is 2.25. The van der Waals surface area contributed by atoms with Crippen molar-refractivity contribution in [1.29, 1.82) is 0 Å². The van der Waals surface area contributed by atoms with Gasteiger partial charge in [0.2, 0.25) is 11.9 Å². The average Bonchev–Trinajstić information content (AvgIpc) is 2.63. The van der Waals surface area contributed by atoms with E-state index in [1.165, 1.54) is 12.8 Å². The molecule has 2 aliphatic heterocycles. The molecule has 0 aromatic carbocycles. The van der Waals surface area contributed by atoms with Crippen LogP contribution in [-0.2, 0) is 4.79 Å². The lowest BCUT2D eigenvalue weighted by Crippen LogP contribution is -2.49. The molecule has 1 aromatic heterocycles. The molecule has 126 valence electrons. The molecule has 0 saturated carbocycles. The molecule has 3 heterocycles. The zero-order valence-electron chi connectivity index (χ0n) is 13.9. The number of nitrogens with one attached hydrogen (secondary N) is 1. The number of anilines is 1. The summed E-state index contributed by atoms with van der Waals surface area (Å²) in [7, 11) is 0. The fourth-order valence-corrected chi connectivity index (χ4v) is 3.59. The molecule has 6 nitrogen and oxygen atoms in total. The Kier molecular flexibility index (Phi) is 5.43. The van der Waals surface area contributed by atoms with E-state index in [1.807, 2.05) is 11.0 Å². The maximum atomic E-state index is 12.6. The lowest BCUT2D eigenvalue weighted by Gasteiger charge is -2.36. The summed E-state index contributed by atoms with van der Waals surface area (Å²) in [6.07, 6.45) is 6.62. The summed E-state index contributed by atoms with van der Waals surface area (Å²) in [6, 6.07) is 1.82. The van der Waals surface area contributed by atoms with Gasteiger partial charge in [-0.2, -0.15) is 0 Å². The number of nitrogens with zero attached hydrogens (tertiary/aromatic N) is 4. The van der Waals surface area contributed by atoms with E-state index in [0.717, 1.165) is 45.2 Å². The van der Waals surface area contributed by atoms with E-state index in [-0.39, 0.29) is 0 Å². The van der Waals surface area contributed by atoms with Crippen molar-refractivity contribution in [2.75, 3.05) is 44.2 Å². The molecule has 1 atom stereocenters. The Morgan fingerprint density at radius 1 is 1.22 bits per heavy atom. The summed E-state index contributed by atoms with van der Waals surface area (Å²) >= 11 is 0. The largest absolute Gasteiger partial charge is 0.339 e. The highest BCUT2D eigenvalue weighted by Gasteiger charge is 2.26. The van der Waals surface area contributed by atoms with E-state index in [2.05, 4.69) is 27.1 Å². The minimum atomic E-state index is 0.310. The number of piperazine rings is 1. The van der Waals surface area contributed by atoms with Crippen LogP contribution in [0, 0.1) is 11.8 Å². The highest BCUT2D eigenvalue weighted by atomic mass is 16.2. The second-order valence-corrected chi connectivity index (χ2v) is 6.69. The summed E-state index contributed by atoms with van der Waals surface area (Å²) in [5.41, 5.74) is 0. The molecule has 6 heteroatoms. The SMILES string of the molecule is CC(CC(=O)N1CCN(c2ncccn2)CC1)C1CCNCC1. The third kappa shape index (κ3) is 4.19. The van der Waals surface area contributed by atoms with E-state index in [4.69, 9.17) is 0 Å². The quantitative estimate of drug-likeness (QED) is 0.903. The minimum Gasteiger partial charge on any atom is -0.339 e. The molecule has 1 unspecified atom stereocenters. The molecule has 1 amide bonds. The van der Waals surface area contributed by atoms with Gasteiger partial charge < -0.3 is 15.1 Å². The fraction of sp³-hybridized carbons (Fsp3) is 0.706. The van der Waals surface area contributed by atoms with Crippen LogP contribution in [0.3, 0.4) is 0 Å². The van der Waals surface area contributed by atoms with E-state index >= 15 is 0 Å². The number of rotatable bonds is 4. The van der Waals surface area contributed by atoms with Gasteiger partial charge in [-0.3, -0.25) is 4.79 Å². The number of aromatic nitrogens is 2. The van der Waals surface area contributed by atoms with E-state index in [1.54, 1.807) is 12.4 Å². The molecule has 23 heavy (non-hydrogen) atoms. The van der Waals surface area contributed by atoms with Crippen molar-refractivity contribution in [3.63, 3.8) is 0 Å². The average molecular weight is 317 g/mol. The Morgan fingerprint density at radius 3 is 2.52 bits per heavy atom. The van der Waals surface area contributed by atoms with Gasteiger partial charge in [0.25, 0.3) is 0 Å². The number of amides is 1. The highest BCUT2D eigenvalue weighted by molar-refractivity contribution is 5.76. The minimum absolute atomic E-state index is 0.310. The monoisotopic (exact) mass is 317 g/mol. The molecule has 0 aliphatic carbocycles. The molecular weight excluding hydrogens is 290 g/mol. The fourth-order valence-electron chi connectivity index (χ4n) is 3.59. The van der Waals surface area contributed by atoms with Crippen molar-refractivity contribution in [1.82, 2.24) is 20.2 Å². The Bertz CT molecular complexity index is 495. The van der Waals surface area contributed by atoms with Crippen molar-refractivity contribution < 1.29 is 4.79 Å². The van der Waals surface area contributed by atoms with Crippen LogP contribution in [-0.4, -0.2) is 60.0 Å². The van der Waals surface area contributed by atoms with E-state index in [9.17, 15) is 4.79 Å². The first-order valence-corrected chi connectivity index (χ1v) is 8.74. The van der Waals surface area contributed by atoms with Crippen LogP contribution in [0.4, 0.5) is 5.95 Å². The van der Waals surface area contributed by atoms with Gasteiger partial charge in [-0.15, -0.1) is 0 Å².